The van der Waals surface area contributed by atoms with Crippen molar-refractivity contribution in [2.45, 2.75) is 53.4 Å². The molecule has 1 aliphatic carbocycles. The third kappa shape index (κ3) is 5.93. The smallest absolute Gasteiger partial charge is 0.223 e. The van der Waals surface area contributed by atoms with Gasteiger partial charge in [0.1, 0.15) is 0 Å². The Labute approximate surface area is 123 Å². The third-order valence-electron chi connectivity index (χ3n) is 3.84. The van der Waals surface area contributed by atoms with E-state index in [1.54, 1.807) is 0 Å². The summed E-state index contributed by atoms with van der Waals surface area (Å²) in [6, 6.07) is 0. The van der Waals surface area contributed by atoms with E-state index in [1.807, 2.05) is 0 Å². The second-order valence-electron chi connectivity index (χ2n) is 6.83. The number of rotatable bonds is 6. The quantitative estimate of drug-likeness (QED) is 0.785. The predicted molar refractivity (Wildman–Crippen MR) is 81.1 cm³/mol. The van der Waals surface area contributed by atoms with E-state index >= 15 is 0 Å². The van der Waals surface area contributed by atoms with Crippen LogP contribution in [0.3, 0.4) is 0 Å². The van der Waals surface area contributed by atoms with Crippen LogP contribution in [0.15, 0.2) is 0 Å². The minimum Gasteiger partial charge on any atom is -0.356 e. The van der Waals surface area contributed by atoms with Crippen LogP contribution in [0, 0.1) is 23.7 Å². The van der Waals surface area contributed by atoms with Crippen molar-refractivity contribution in [3.8, 4) is 0 Å². The molecule has 0 bridgehead atoms. The minimum absolute atomic E-state index is 0.0999. The Morgan fingerprint density at radius 1 is 0.800 bits per heavy atom. The maximum absolute atomic E-state index is 12.0. The van der Waals surface area contributed by atoms with E-state index < -0.39 is 0 Å². The Kier molecular flexibility index (Phi) is 7.03. The highest BCUT2D eigenvalue weighted by Crippen LogP contribution is 2.29. The number of hydrogen-bond donors (Lipinski definition) is 2. The Bertz CT molecular complexity index is 286. The van der Waals surface area contributed by atoms with Crippen LogP contribution in [0.1, 0.15) is 53.4 Å². The topological polar surface area (TPSA) is 58.2 Å². The summed E-state index contributed by atoms with van der Waals surface area (Å²) in [5.41, 5.74) is 0. The molecule has 0 aromatic rings. The summed E-state index contributed by atoms with van der Waals surface area (Å²) in [7, 11) is 0. The molecule has 0 unspecified atom stereocenters. The maximum atomic E-state index is 12.0. The fourth-order valence-electron chi connectivity index (χ4n) is 2.52. The minimum atomic E-state index is 0.0999. The van der Waals surface area contributed by atoms with Crippen LogP contribution in [-0.4, -0.2) is 24.9 Å². The van der Waals surface area contributed by atoms with E-state index in [-0.39, 0.29) is 23.7 Å². The predicted octanol–water partition coefficient (Wildman–Crippen LogP) is 2.34. The number of nitrogens with one attached hydrogen (secondary N) is 2. The average Bonchev–Trinajstić information content (AvgIpc) is 2.42. The Morgan fingerprint density at radius 2 is 1.10 bits per heavy atom. The molecule has 0 radical (unpaired) electrons. The molecule has 4 heteroatoms. The van der Waals surface area contributed by atoms with Gasteiger partial charge in [-0.3, -0.25) is 9.59 Å². The van der Waals surface area contributed by atoms with Crippen LogP contribution in [0.2, 0.25) is 0 Å². The molecule has 0 atom stereocenters. The molecular weight excluding hydrogens is 252 g/mol. The first-order valence-electron chi connectivity index (χ1n) is 7.95. The maximum Gasteiger partial charge on any atom is 0.223 e. The van der Waals surface area contributed by atoms with E-state index in [0.29, 0.717) is 11.8 Å². The first-order chi connectivity index (χ1) is 9.40. The zero-order chi connectivity index (χ0) is 15.1. The highest BCUT2D eigenvalue weighted by Gasteiger charge is 2.29. The van der Waals surface area contributed by atoms with Gasteiger partial charge < -0.3 is 10.6 Å². The summed E-state index contributed by atoms with van der Waals surface area (Å²) < 4.78 is 0. The van der Waals surface area contributed by atoms with Crippen molar-refractivity contribution in [2.75, 3.05) is 13.1 Å². The standard InChI is InChI=1S/C16H30N2O2/c1-11(2)9-17-15(19)13-5-7-14(8-6-13)16(20)18-10-12(3)4/h11-14H,5-10H2,1-4H3,(H,17,19)(H,18,20). The van der Waals surface area contributed by atoms with Crippen molar-refractivity contribution in [1.82, 2.24) is 10.6 Å². The lowest BCUT2D eigenvalue weighted by Crippen LogP contribution is -2.39. The van der Waals surface area contributed by atoms with Crippen LogP contribution in [0.25, 0.3) is 0 Å². The molecule has 1 saturated carbocycles. The molecule has 20 heavy (non-hydrogen) atoms. The first kappa shape index (κ1) is 17.0. The Balaban J connectivity index is 2.28. The van der Waals surface area contributed by atoms with Gasteiger partial charge in [0.2, 0.25) is 11.8 Å². The number of carbonyl (C=O) groups is 2. The Hall–Kier alpha value is -1.06. The van der Waals surface area contributed by atoms with Crippen molar-refractivity contribution >= 4 is 11.8 Å². The average molecular weight is 282 g/mol. The van der Waals surface area contributed by atoms with Crippen molar-refractivity contribution < 1.29 is 9.59 Å². The van der Waals surface area contributed by atoms with Gasteiger partial charge in [-0.15, -0.1) is 0 Å². The monoisotopic (exact) mass is 282 g/mol. The van der Waals surface area contributed by atoms with Crippen LogP contribution in [-0.2, 0) is 9.59 Å². The Morgan fingerprint density at radius 3 is 1.35 bits per heavy atom. The number of hydrogen-bond acceptors (Lipinski definition) is 2. The summed E-state index contributed by atoms with van der Waals surface area (Å²) >= 11 is 0. The highest BCUT2D eigenvalue weighted by molar-refractivity contribution is 5.81. The molecule has 2 N–H and O–H groups in total. The highest BCUT2D eigenvalue weighted by atomic mass is 16.2. The fraction of sp³-hybridized carbons (Fsp3) is 0.875. The van der Waals surface area contributed by atoms with E-state index in [4.69, 9.17) is 0 Å². The number of amides is 2. The third-order valence-corrected chi connectivity index (χ3v) is 3.84. The zero-order valence-corrected chi connectivity index (χ0v) is 13.4. The molecule has 1 rings (SSSR count). The molecule has 2 amide bonds. The molecule has 0 aliphatic heterocycles. The van der Waals surface area contributed by atoms with Gasteiger partial charge in [0.25, 0.3) is 0 Å². The molecule has 0 aromatic carbocycles. The lowest BCUT2D eigenvalue weighted by atomic mass is 9.81. The normalized spacial score (nSPS) is 22.9. The summed E-state index contributed by atoms with van der Waals surface area (Å²) in [6.07, 6.45) is 3.35. The zero-order valence-electron chi connectivity index (χ0n) is 13.4. The van der Waals surface area contributed by atoms with Gasteiger partial charge in [-0.25, -0.2) is 0 Å². The summed E-state index contributed by atoms with van der Waals surface area (Å²) in [5.74, 6) is 1.50. The second kappa shape index (κ2) is 8.28. The van der Waals surface area contributed by atoms with Gasteiger partial charge in [-0.1, -0.05) is 27.7 Å². The van der Waals surface area contributed by atoms with Gasteiger partial charge in [0, 0.05) is 24.9 Å². The number of carbonyl (C=O) groups excluding carboxylic acids is 2. The van der Waals surface area contributed by atoms with E-state index in [1.165, 1.54) is 0 Å². The summed E-state index contributed by atoms with van der Waals surface area (Å²) in [5, 5.41) is 5.99. The summed E-state index contributed by atoms with van der Waals surface area (Å²) in [4.78, 5) is 24.0. The van der Waals surface area contributed by atoms with Gasteiger partial charge in [0.05, 0.1) is 0 Å². The van der Waals surface area contributed by atoms with E-state index in [0.717, 1.165) is 38.8 Å². The second-order valence-corrected chi connectivity index (χ2v) is 6.83. The molecular formula is C16H30N2O2. The lowest BCUT2D eigenvalue weighted by molar-refractivity contribution is -0.130. The molecule has 0 saturated heterocycles. The van der Waals surface area contributed by atoms with Crippen LogP contribution in [0.4, 0.5) is 0 Å². The van der Waals surface area contributed by atoms with Crippen molar-refractivity contribution in [2.24, 2.45) is 23.7 Å². The molecule has 1 fully saturated rings. The molecule has 0 aromatic heterocycles. The van der Waals surface area contributed by atoms with Crippen LogP contribution < -0.4 is 10.6 Å². The van der Waals surface area contributed by atoms with Crippen LogP contribution in [0.5, 0.6) is 0 Å². The lowest BCUT2D eigenvalue weighted by Gasteiger charge is -2.27. The van der Waals surface area contributed by atoms with E-state index in [2.05, 4.69) is 38.3 Å². The molecule has 4 nitrogen and oxygen atoms in total. The molecule has 0 heterocycles. The van der Waals surface area contributed by atoms with Crippen molar-refractivity contribution in [3.05, 3.63) is 0 Å². The van der Waals surface area contributed by atoms with Gasteiger partial charge in [-0.05, 0) is 37.5 Å². The van der Waals surface area contributed by atoms with Gasteiger partial charge in [-0.2, -0.15) is 0 Å². The molecule has 1 aliphatic rings. The first-order valence-corrected chi connectivity index (χ1v) is 7.95. The van der Waals surface area contributed by atoms with Gasteiger partial charge >= 0.3 is 0 Å². The largest absolute Gasteiger partial charge is 0.356 e. The summed E-state index contributed by atoms with van der Waals surface area (Å²) in [6.45, 7) is 9.86. The van der Waals surface area contributed by atoms with Crippen LogP contribution >= 0.6 is 0 Å². The fourth-order valence-corrected chi connectivity index (χ4v) is 2.52. The molecule has 0 spiro atoms. The van der Waals surface area contributed by atoms with E-state index in [9.17, 15) is 9.59 Å². The van der Waals surface area contributed by atoms with Crippen molar-refractivity contribution in [3.63, 3.8) is 0 Å². The van der Waals surface area contributed by atoms with Gasteiger partial charge in [0.15, 0.2) is 0 Å². The SMILES string of the molecule is CC(C)CNC(=O)C1CCC(C(=O)NCC(C)C)CC1. The molecule has 116 valence electrons. The van der Waals surface area contributed by atoms with Crippen molar-refractivity contribution in [1.29, 1.82) is 0 Å².